The van der Waals surface area contributed by atoms with E-state index in [2.05, 4.69) is 34.3 Å². The summed E-state index contributed by atoms with van der Waals surface area (Å²) in [5.74, 6) is 3.37. The number of nitrogens with zero attached hydrogens (tertiary/aromatic N) is 5. The Morgan fingerprint density at radius 3 is 2.70 bits per heavy atom. The van der Waals surface area contributed by atoms with E-state index in [1.807, 2.05) is 28.8 Å². The van der Waals surface area contributed by atoms with Crippen LogP contribution in [-0.2, 0) is 4.79 Å². The van der Waals surface area contributed by atoms with Crippen molar-refractivity contribution < 1.29 is 14.3 Å². The molecule has 0 spiro atoms. The number of amides is 1. The molecular weight excluding hydrogens is 384 g/mol. The zero-order valence-corrected chi connectivity index (χ0v) is 17.0. The van der Waals surface area contributed by atoms with E-state index in [1.165, 1.54) is 0 Å². The molecule has 1 amide bonds. The Kier molecular flexibility index (Phi) is 4.65. The van der Waals surface area contributed by atoms with Crippen molar-refractivity contribution in [2.75, 3.05) is 30.1 Å². The van der Waals surface area contributed by atoms with Crippen LogP contribution in [0, 0.1) is 5.92 Å². The molecule has 0 unspecified atom stereocenters. The summed E-state index contributed by atoms with van der Waals surface area (Å²) in [6, 6.07) is 9.38. The van der Waals surface area contributed by atoms with Gasteiger partial charge in [-0.3, -0.25) is 4.79 Å². The smallest absolute Gasteiger partial charge is 0.231 e. The summed E-state index contributed by atoms with van der Waals surface area (Å²) < 4.78 is 12.5. The quantitative estimate of drug-likeness (QED) is 0.709. The first-order chi connectivity index (χ1) is 14.6. The van der Waals surface area contributed by atoms with Gasteiger partial charge >= 0.3 is 0 Å². The Morgan fingerprint density at radius 1 is 1.10 bits per heavy atom. The Labute approximate surface area is 174 Å². The van der Waals surface area contributed by atoms with E-state index in [0.717, 1.165) is 48.9 Å². The summed E-state index contributed by atoms with van der Waals surface area (Å²) in [7, 11) is 0. The van der Waals surface area contributed by atoms with Gasteiger partial charge in [-0.25, -0.2) is 0 Å². The van der Waals surface area contributed by atoms with Crippen molar-refractivity contribution in [3.8, 4) is 11.5 Å². The predicted molar refractivity (Wildman–Crippen MR) is 111 cm³/mol. The van der Waals surface area contributed by atoms with Gasteiger partial charge in [-0.2, -0.15) is 4.52 Å². The summed E-state index contributed by atoms with van der Waals surface area (Å²) in [4.78, 5) is 14.9. The second kappa shape index (κ2) is 7.47. The van der Waals surface area contributed by atoms with Gasteiger partial charge in [-0.1, -0.05) is 13.8 Å². The highest BCUT2D eigenvalue weighted by atomic mass is 16.7. The van der Waals surface area contributed by atoms with Crippen LogP contribution in [0.2, 0.25) is 0 Å². The van der Waals surface area contributed by atoms with Crippen LogP contribution in [0.3, 0.4) is 0 Å². The van der Waals surface area contributed by atoms with Crippen LogP contribution in [-0.4, -0.2) is 45.6 Å². The molecule has 0 bridgehead atoms. The van der Waals surface area contributed by atoms with E-state index < -0.39 is 0 Å². The first kappa shape index (κ1) is 18.7. The molecule has 1 N–H and O–H groups in total. The molecule has 2 aliphatic heterocycles. The normalized spacial score (nSPS) is 16.4. The molecule has 0 saturated carbocycles. The lowest BCUT2D eigenvalue weighted by atomic mass is 9.96. The van der Waals surface area contributed by atoms with Crippen molar-refractivity contribution in [3.05, 3.63) is 36.2 Å². The summed E-state index contributed by atoms with van der Waals surface area (Å²) in [6.45, 7) is 5.93. The number of nitrogens with one attached hydrogen (secondary N) is 1. The van der Waals surface area contributed by atoms with Gasteiger partial charge in [0.05, 0.1) is 0 Å². The minimum atomic E-state index is -0.0310. The number of benzene rings is 1. The predicted octanol–water partition coefficient (Wildman–Crippen LogP) is 2.83. The Morgan fingerprint density at radius 2 is 1.90 bits per heavy atom. The number of carbonyl (C=O) groups excluding carboxylic acids is 1. The van der Waals surface area contributed by atoms with Gasteiger partial charge in [0.25, 0.3) is 0 Å². The van der Waals surface area contributed by atoms with Crippen LogP contribution in [0.1, 0.15) is 38.4 Å². The number of hydrogen-bond donors (Lipinski definition) is 1. The van der Waals surface area contributed by atoms with E-state index >= 15 is 0 Å². The SMILES string of the molecule is CC(C)c1nnc2ccc(N3CCC(C(=O)Nc4ccc5c(c4)OCO5)CC3)nn12. The fourth-order valence-corrected chi connectivity index (χ4v) is 3.91. The van der Waals surface area contributed by atoms with Crippen molar-refractivity contribution in [2.45, 2.75) is 32.6 Å². The lowest BCUT2D eigenvalue weighted by Gasteiger charge is -2.32. The Hall–Kier alpha value is -3.36. The van der Waals surface area contributed by atoms with Crippen molar-refractivity contribution in [1.29, 1.82) is 0 Å². The highest BCUT2D eigenvalue weighted by Gasteiger charge is 2.26. The van der Waals surface area contributed by atoms with Gasteiger partial charge in [-0.15, -0.1) is 15.3 Å². The number of ether oxygens (including phenoxy) is 2. The highest BCUT2D eigenvalue weighted by Crippen LogP contribution is 2.34. The maximum Gasteiger partial charge on any atom is 0.231 e. The van der Waals surface area contributed by atoms with Crippen LogP contribution < -0.4 is 19.7 Å². The van der Waals surface area contributed by atoms with E-state index in [1.54, 1.807) is 6.07 Å². The third kappa shape index (κ3) is 3.40. The van der Waals surface area contributed by atoms with Crippen LogP contribution in [0.4, 0.5) is 11.5 Å². The molecule has 3 aromatic rings. The molecule has 1 aromatic carbocycles. The number of anilines is 2. The molecule has 1 saturated heterocycles. The van der Waals surface area contributed by atoms with E-state index in [9.17, 15) is 4.79 Å². The van der Waals surface area contributed by atoms with Gasteiger partial charge in [0.15, 0.2) is 23.0 Å². The molecule has 5 rings (SSSR count). The van der Waals surface area contributed by atoms with Crippen molar-refractivity contribution in [1.82, 2.24) is 19.8 Å². The average Bonchev–Trinajstić information content (AvgIpc) is 3.39. The van der Waals surface area contributed by atoms with Gasteiger partial charge in [0.1, 0.15) is 5.82 Å². The number of carbonyl (C=O) groups is 1. The summed E-state index contributed by atoms with van der Waals surface area (Å²) in [5, 5.41) is 16.2. The number of piperidine rings is 1. The lowest BCUT2D eigenvalue weighted by molar-refractivity contribution is -0.120. The summed E-state index contributed by atoms with van der Waals surface area (Å²) >= 11 is 0. The molecular formula is C21H24N6O3. The lowest BCUT2D eigenvalue weighted by Crippen LogP contribution is -2.38. The van der Waals surface area contributed by atoms with Crippen LogP contribution >= 0.6 is 0 Å². The van der Waals surface area contributed by atoms with Crippen molar-refractivity contribution >= 4 is 23.1 Å². The van der Waals surface area contributed by atoms with Gasteiger partial charge in [0.2, 0.25) is 12.7 Å². The Bertz CT molecular complexity index is 1090. The van der Waals surface area contributed by atoms with Crippen LogP contribution in [0.25, 0.3) is 5.65 Å². The molecule has 0 atom stereocenters. The Balaban J connectivity index is 1.23. The standard InChI is InChI=1S/C21H24N6O3/c1-13(2)20-24-23-18-5-6-19(25-27(18)20)26-9-7-14(8-10-26)21(28)22-15-3-4-16-17(11-15)30-12-29-16/h3-6,11,13-14H,7-10,12H2,1-2H3,(H,22,28). The molecule has 156 valence electrons. The third-order valence-corrected chi connectivity index (χ3v) is 5.62. The molecule has 9 heteroatoms. The fourth-order valence-electron chi connectivity index (χ4n) is 3.91. The maximum atomic E-state index is 12.7. The zero-order chi connectivity index (χ0) is 20.7. The molecule has 2 aromatic heterocycles. The number of rotatable bonds is 4. The number of fused-ring (bicyclic) bond motifs is 2. The summed E-state index contributed by atoms with van der Waals surface area (Å²) in [5.41, 5.74) is 1.48. The van der Waals surface area contributed by atoms with Crippen molar-refractivity contribution in [2.24, 2.45) is 5.92 Å². The third-order valence-electron chi connectivity index (χ3n) is 5.62. The molecule has 0 radical (unpaired) electrons. The fraction of sp³-hybridized carbons (Fsp3) is 0.429. The first-order valence-corrected chi connectivity index (χ1v) is 10.3. The monoisotopic (exact) mass is 408 g/mol. The zero-order valence-electron chi connectivity index (χ0n) is 17.0. The second-order valence-electron chi connectivity index (χ2n) is 7.99. The average molecular weight is 408 g/mol. The van der Waals surface area contributed by atoms with E-state index in [0.29, 0.717) is 11.5 Å². The minimum absolute atomic E-state index is 0.0310. The largest absolute Gasteiger partial charge is 0.454 e. The molecule has 0 aliphatic carbocycles. The molecule has 1 fully saturated rings. The van der Waals surface area contributed by atoms with Gasteiger partial charge in [-0.05, 0) is 37.1 Å². The molecule has 2 aliphatic rings. The van der Waals surface area contributed by atoms with E-state index in [4.69, 9.17) is 14.6 Å². The summed E-state index contributed by atoms with van der Waals surface area (Å²) in [6.07, 6.45) is 1.55. The molecule has 30 heavy (non-hydrogen) atoms. The van der Waals surface area contributed by atoms with Crippen molar-refractivity contribution in [3.63, 3.8) is 0 Å². The minimum Gasteiger partial charge on any atom is -0.454 e. The van der Waals surface area contributed by atoms with E-state index in [-0.39, 0.29) is 24.5 Å². The topological polar surface area (TPSA) is 93.9 Å². The first-order valence-electron chi connectivity index (χ1n) is 10.3. The number of hydrogen-bond acceptors (Lipinski definition) is 7. The maximum absolute atomic E-state index is 12.7. The van der Waals surface area contributed by atoms with Crippen LogP contribution in [0.15, 0.2) is 30.3 Å². The molecule has 9 nitrogen and oxygen atoms in total. The van der Waals surface area contributed by atoms with Gasteiger partial charge in [0, 0.05) is 36.7 Å². The van der Waals surface area contributed by atoms with Crippen LogP contribution in [0.5, 0.6) is 11.5 Å². The van der Waals surface area contributed by atoms with Gasteiger partial charge < -0.3 is 19.7 Å². The number of aromatic nitrogens is 4. The molecule has 4 heterocycles. The second-order valence-corrected chi connectivity index (χ2v) is 7.99. The highest BCUT2D eigenvalue weighted by molar-refractivity contribution is 5.93.